The molecule has 0 aliphatic heterocycles. The van der Waals surface area contributed by atoms with Gasteiger partial charge >= 0.3 is 5.97 Å². The molecule has 1 aromatic rings. The molecule has 21 heavy (non-hydrogen) atoms. The normalized spacial score (nSPS) is 12.0. The second-order valence-corrected chi connectivity index (χ2v) is 5.12. The van der Waals surface area contributed by atoms with Gasteiger partial charge in [0.1, 0.15) is 0 Å². The van der Waals surface area contributed by atoms with Gasteiger partial charge in [0.2, 0.25) is 5.91 Å². The summed E-state index contributed by atoms with van der Waals surface area (Å²) >= 11 is 0. The van der Waals surface area contributed by atoms with Crippen molar-refractivity contribution in [3.63, 3.8) is 0 Å². The van der Waals surface area contributed by atoms with Gasteiger partial charge in [0.25, 0.3) is 0 Å². The van der Waals surface area contributed by atoms with Crippen LogP contribution < -0.4 is 0 Å². The van der Waals surface area contributed by atoms with Crippen molar-refractivity contribution < 1.29 is 23.5 Å². The van der Waals surface area contributed by atoms with Crippen LogP contribution in [0, 0.1) is 17.6 Å². The Morgan fingerprint density at radius 3 is 2.52 bits per heavy atom. The maximum Gasteiger partial charge on any atom is 0.308 e. The van der Waals surface area contributed by atoms with Gasteiger partial charge in [0, 0.05) is 20.0 Å². The number of carbonyl (C=O) groups is 2. The molecule has 1 atom stereocenters. The summed E-state index contributed by atoms with van der Waals surface area (Å²) in [5.74, 6) is -3.52. The SMILES string of the molecule is CC(CN(C)C(=O)CCCc1ccc(F)c(F)c1)C(=O)O. The van der Waals surface area contributed by atoms with Crippen LogP contribution in [0.1, 0.15) is 25.3 Å². The van der Waals surface area contributed by atoms with Crippen molar-refractivity contribution in [2.45, 2.75) is 26.2 Å². The van der Waals surface area contributed by atoms with Gasteiger partial charge in [-0.3, -0.25) is 9.59 Å². The number of amides is 1. The first-order valence-electron chi connectivity index (χ1n) is 6.72. The number of halogens is 2. The topological polar surface area (TPSA) is 57.6 Å². The number of aliphatic carboxylic acids is 1. The fraction of sp³-hybridized carbons (Fsp3) is 0.467. The second kappa shape index (κ2) is 7.71. The molecule has 0 aliphatic carbocycles. The Bertz CT molecular complexity index is 520. The first kappa shape index (κ1) is 17.1. The zero-order valence-electron chi connectivity index (χ0n) is 12.1. The Morgan fingerprint density at radius 2 is 1.95 bits per heavy atom. The van der Waals surface area contributed by atoms with Gasteiger partial charge in [-0.1, -0.05) is 13.0 Å². The molecule has 4 nitrogen and oxygen atoms in total. The van der Waals surface area contributed by atoms with Gasteiger partial charge in [-0.2, -0.15) is 0 Å². The standard InChI is InChI=1S/C15H19F2NO3/c1-10(15(20)21)9-18(2)14(19)5-3-4-11-6-7-12(16)13(17)8-11/h6-8,10H,3-5,9H2,1-2H3,(H,20,21). The van der Waals surface area contributed by atoms with E-state index in [1.807, 2.05) is 0 Å². The van der Waals surface area contributed by atoms with E-state index in [0.717, 1.165) is 12.1 Å². The van der Waals surface area contributed by atoms with Gasteiger partial charge in [-0.15, -0.1) is 0 Å². The lowest BCUT2D eigenvalue weighted by Gasteiger charge is -2.19. The monoisotopic (exact) mass is 299 g/mol. The lowest BCUT2D eigenvalue weighted by Crippen LogP contribution is -2.33. The van der Waals surface area contributed by atoms with Crippen LogP contribution in [-0.4, -0.2) is 35.5 Å². The summed E-state index contributed by atoms with van der Waals surface area (Å²) in [6.07, 6.45) is 1.20. The number of carbonyl (C=O) groups excluding carboxylic acids is 1. The number of carboxylic acids is 1. The minimum atomic E-state index is -0.948. The highest BCUT2D eigenvalue weighted by Crippen LogP contribution is 2.12. The number of nitrogens with zero attached hydrogens (tertiary/aromatic N) is 1. The maximum absolute atomic E-state index is 13.0. The van der Waals surface area contributed by atoms with Crippen LogP contribution in [0.5, 0.6) is 0 Å². The van der Waals surface area contributed by atoms with E-state index in [9.17, 15) is 18.4 Å². The fourth-order valence-electron chi connectivity index (χ4n) is 1.92. The van der Waals surface area contributed by atoms with Crippen molar-refractivity contribution in [2.75, 3.05) is 13.6 Å². The third kappa shape index (κ3) is 5.49. The average Bonchev–Trinajstić information content (AvgIpc) is 2.42. The molecule has 0 bridgehead atoms. The van der Waals surface area contributed by atoms with Crippen LogP contribution in [0.15, 0.2) is 18.2 Å². The molecule has 6 heteroatoms. The highest BCUT2D eigenvalue weighted by atomic mass is 19.2. The number of benzene rings is 1. The van der Waals surface area contributed by atoms with Crippen molar-refractivity contribution in [2.24, 2.45) is 5.92 Å². The minimum absolute atomic E-state index is 0.152. The molecule has 0 aliphatic rings. The van der Waals surface area contributed by atoms with Crippen LogP contribution in [0.2, 0.25) is 0 Å². The summed E-state index contributed by atoms with van der Waals surface area (Å²) in [4.78, 5) is 23.9. The number of rotatable bonds is 7. The molecule has 1 amide bonds. The van der Waals surface area contributed by atoms with Crippen LogP contribution in [0.25, 0.3) is 0 Å². The minimum Gasteiger partial charge on any atom is -0.481 e. The van der Waals surface area contributed by atoms with E-state index in [1.54, 1.807) is 7.05 Å². The molecule has 0 radical (unpaired) electrons. The lowest BCUT2D eigenvalue weighted by molar-refractivity contribution is -0.142. The lowest BCUT2D eigenvalue weighted by atomic mass is 10.1. The summed E-state index contributed by atoms with van der Waals surface area (Å²) in [5.41, 5.74) is 0.628. The molecule has 116 valence electrons. The van der Waals surface area contributed by atoms with Gasteiger partial charge in [-0.05, 0) is 30.5 Å². The number of carboxylic acid groups (broad SMARTS) is 1. The maximum atomic E-state index is 13.0. The smallest absolute Gasteiger partial charge is 0.308 e. The number of aryl methyl sites for hydroxylation is 1. The van der Waals surface area contributed by atoms with E-state index in [1.165, 1.54) is 17.9 Å². The predicted octanol–water partition coefficient (Wildman–Crippen LogP) is 2.47. The van der Waals surface area contributed by atoms with Crippen LogP contribution in [0.4, 0.5) is 8.78 Å². The zero-order chi connectivity index (χ0) is 16.0. The summed E-state index contributed by atoms with van der Waals surface area (Å²) in [5, 5.41) is 8.78. The predicted molar refractivity (Wildman–Crippen MR) is 73.7 cm³/mol. The molecule has 0 heterocycles. The molecular formula is C15H19F2NO3. The van der Waals surface area contributed by atoms with Crippen LogP contribution in [0.3, 0.4) is 0 Å². The van der Waals surface area contributed by atoms with E-state index < -0.39 is 23.5 Å². The number of hydrogen-bond donors (Lipinski definition) is 1. The van der Waals surface area contributed by atoms with Crippen molar-refractivity contribution >= 4 is 11.9 Å². The third-order valence-corrected chi connectivity index (χ3v) is 3.24. The van der Waals surface area contributed by atoms with Gasteiger partial charge < -0.3 is 10.0 Å². The van der Waals surface area contributed by atoms with Crippen molar-refractivity contribution in [3.8, 4) is 0 Å². The van der Waals surface area contributed by atoms with Gasteiger partial charge in [0.05, 0.1) is 5.92 Å². The van der Waals surface area contributed by atoms with Crippen molar-refractivity contribution in [1.82, 2.24) is 4.90 Å². The van der Waals surface area contributed by atoms with Crippen LogP contribution in [-0.2, 0) is 16.0 Å². The first-order chi connectivity index (χ1) is 9.81. The van der Waals surface area contributed by atoms with E-state index in [0.29, 0.717) is 18.4 Å². The van der Waals surface area contributed by atoms with Crippen molar-refractivity contribution in [1.29, 1.82) is 0 Å². The highest BCUT2D eigenvalue weighted by Gasteiger charge is 2.17. The molecule has 1 aromatic carbocycles. The highest BCUT2D eigenvalue weighted by molar-refractivity contribution is 5.77. The molecule has 0 aromatic heterocycles. The molecule has 0 fully saturated rings. The molecular weight excluding hydrogens is 280 g/mol. The Hall–Kier alpha value is -1.98. The Kier molecular flexibility index (Phi) is 6.27. The molecule has 0 saturated heterocycles. The zero-order valence-corrected chi connectivity index (χ0v) is 12.1. The molecule has 1 N–H and O–H groups in total. The summed E-state index contributed by atoms with van der Waals surface area (Å²) in [6, 6.07) is 3.67. The summed E-state index contributed by atoms with van der Waals surface area (Å²) < 4.78 is 25.8. The van der Waals surface area contributed by atoms with Gasteiger partial charge in [0.15, 0.2) is 11.6 Å². The van der Waals surface area contributed by atoms with E-state index in [-0.39, 0.29) is 18.9 Å². The summed E-state index contributed by atoms with van der Waals surface area (Å²) in [6.45, 7) is 1.69. The largest absolute Gasteiger partial charge is 0.481 e. The Labute approximate surface area is 122 Å². The van der Waals surface area contributed by atoms with E-state index in [4.69, 9.17) is 5.11 Å². The van der Waals surface area contributed by atoms with E-state index >= 15 is 0 Å². The number of hydrogen-bond acceptors (Lipinski definition) is 2. The van der Waals surface area contributed by atoms with Crippen LogP contribution >= 0.6 is 0 Å². The molecule has 0 saturated carbocycles. The third-order valence-electron chi connectivity index (χ3n) is 3.24. The Morgan fingerprint density at radius 1 is 1.29 bits per heavy atom. The van der Waals surface area contributed by atoms with E-state index in [2.05, 4.69) is 0 Å². The molecule has 1 unspecified atom stereocenters. The second-order valence-electron chi connectivity index (χ2n) is 5.12. The first-order valence-corrected chi connectivity index (χ1v) is 6.72. The Balaban J connectivity index is 2.39. The molecule has 1 rings (SSSR count). The fourth-order valence-corrected chi connectivity index (χ4v) is 1.92. The molecule has 0 spiro atoms. The average molecular weight is 299 g/mol. The van der Waals surface area contributed by atoms with Crippen molar-refractivity contribution in [3.05, 3.63) is 35.4 Å². The van der Waals surface area contributed by atoms with Gasteiger partial charge in [-0.25, -0.2) is 8.78 Å². The summed E-state index contributed by atoms with van der Waals surface area (Å²) in [7, 11) is 1.55. The quantitative estimate of drug-likeness (QED) is 0.841.